The molecule has 3 heterocycles. The molecule has 1 fully saturated rings. The van der Waals surface area contributed by atoms with Gasteiger partial charge in [0.25, 0.3) is 12.3 Å². The SMILES string of the molecule is Cl.Cl.O=C(NCC1CNC1)c1cnn(-c2ncccc2Cl)c1C(F)F. The van der Waals surface area contributed by atoms with E-state index in [-0.39, 0.29) is 41.2 Å². The number of amides is 1. The third-order valence-electron chi connectivity index (χ3n) is 3.61. The van der Waals surface area contributed by atoms with Crippen molar-refractivity contribution < 1.29 is 13.6 Å². The maximum atomic E-state index is 13.5. The quantitative estimate of drug-likeness (QED) is 0.789. The Morgan fingerprint density at radius 3 is 2.72 bits per heavy atom. The molecule has 1 saturated heterocycles. The minimum absolute atomic E-state index is 0. The van der Waals surface area contributed by atoms with Crippen LogP contribution >= 0.6 is 36.4 Å². The zero-order valence-corrected chi connectivity index (χ0v) is 15.2. The van der Waals surface area contributed by atoms with Crippen LogP contribution in [0.1, 0.15) is 22.5 Å². The van der Waals surface area contributed by atoms with Gasteiger partial charge < -0.3 is 10.6 Å². The van der Waals surface area contributed by atoms with Gasteiger partial charge in [0.1, 0.15) is 5.69 Å². The fourth-order valence-electron chi connectivity index (χ4n) is 2.27. The van der Waals surface area contributed by atoms with Crippen LogP contribution in [0.15, 0.2) is 24.5 Å². The summed E-state index contributed by atoms with van der Waals surface area (Å²) in [5.74, 6) is -0.188. The highest BCUT2D eigenvalue weighted by Gasteiger charge is 2.27. The van der Waals surface area contributed by atoms with E-state index in [0.29, 0.717) is 12.5 Å². The number of hydrogen-bond acceptors (Lipinski definition) is 4. The number of carbonyl (C=O) groups is 1. The van der Waals surface area contributed by atoms with E-state index in [2.05, 4.69) is 20.7 Å². The lowest BCUT2D eigenvalue weighted by atomic mass is 10.0. The van der Waals surface area contributed by atoms with Crippen molar-refractivity contribution in [2.75, 3.05) is 19.6 Å². The summed E-state index contributed by atoms with van der Waals surface area (Å²) in [6, 6.07) is 3.10. The fourth-order valence-corrected chi connectivity index (χ4v) is 2.47. The van der Waals surface area contributed by atoms with Gasteiger partial charge >= 0.3 is 0 Å². The summed E-state index contributed by atoms with van der Waals surface area (Å²) in [5.41, 5.74) is -0.691. The van der Waals surface area contributed by atoms with Gasteiger partial charge in [-0.2, -0.15) is 5.10 Å². The molecule has 1 amide bonds. The van der Waals surface area contributed by atoms with Gasteiger partial charge in [-0.25, -0.2) is 18.4 Å². The molecule has 0 bridgehead atoms. The van der Waals surface area contributed by atoms with Crippen LogP contribution in [0, 0.1) is 5.92 Å². The second-order valence-corrected chi connectivity index (χ2v) is 5.61. The Morgan fingerprint density at radius 1 is 1.44 bits per heavy atom. The zero-order chi connectivity index (χ0) is 16.4. The van der Waals surface area contributed by atoms with Crippen molar-refractivity contribution in [3.63, 3.8) is 0 Å². The molecule has 3 rings (SSSR count). The van der Waals surface area contributed by atoms with Crippen LogP contribution in [-0.2, 0) is 0 Å². The summed E-state index contributed by atoms with van der Waals surface area (Å²) in [6.45, 7) is 2.06. The van der Waals surface area contributed by atoms with Crippen LogP contribution in [0.3, 0.4) is 0 Å². The lowest BCUT2D eigenvalue weighted by Crippen LogP contribution is -2.48. The van der Waals surface area contributed by atoms with E-state index < -0.39 is 18.0 Å². The number of nitrogens with one attached hydrogen (secondary N) is 2. The molecule has 11 heteroatoms. The average molecular weight is 415 g/mol. The fraction of sp³-hybridized carbons (Fsp3) is 0.357. The lowest BCUT2D eigenvalue weighted by Gasteiger charge is -2.27. The third-order valence-corrected chi connectivity index (χ3v) is 3.91. The number of carbonyl (C=O) groups excluding carboxylic acids is 1. The number of halogens is 5. The Morgan fingerprint density at radius 2 is 2.16 bits per heavy atom. The minimum atomic E-state index is -2.89. The standard InChI is InChI=1S/C14H14ClF2N5O.2ClH/c15-10-2-1-3-19-13(10)22-11(12(16)17)9(7-21-22)14(23)20-6-8-4-18-5-8;;/h1-3,7-8,12,18H,4-6H2,(H,20,23);2*1H. The van der Waals surface area contributed by atoms with E-state index in [0.717, 1.165) is 24.0 Å². The molecule has 25 heavy (non-hydrogen) atoms. The predicted molar refractivity (Wildman–Crippen MR) is 94.5 cm³/mol. The molecule has 138 valence electrons. The molecule has 2 aromatic rings. The number of alkyl halides is 2. The first-order valence-electron chi connectivity index (χ1n) is 7.03. The Labute approximate surface area is 160 Å². The molecule has 0 saturated carbocycles. The van der Waals surface area contributed by atoms with E-state index in [1.165, 1.54) is 12.3 Å². The van der Waals surface area contributed by atoms with Crippen molar-refractivity contribution in [2.24, 2.45) is 5.92 Å². The van der Waals surface area contributed by atoms with Gasteiger partial charge in [0.05, 0.1) is 16.8 Å². The summed E-state index contributed by atoms with van der Waals surface area (Å²) in [7, 11) is 0. The molecule has 1 aliphatic rings. The van der Waals surface area contributed by atoms with Gasteiger partial charge in [-0.15, -0.1) is 24.8 Å². The van der Waals surface area contributed by atoms with Gasteiger partial charge in [-0.3, -0.25) is 4.79 Å². The normalized spacial score (nSPS) is 13.6. The first kappa shape index (κ1) is 21.6. The van der Waals surface area contributed by atoms with Crippen LogP contribution in [0.4, 0.5) is 8.78 Å². The molecule has 0 radical (unpaired) electrons. The Balaban J connectivity index is 0.00000156. The minimum Gasteiger partial charge on any atom is -0.352 e. The van der Waals surface area contributed by atoms with E-state index >= 15 is 0 Å². The second kappa shape index (κ2) is 9.28. The lowest BCUT2D eigenvalue weighted by molar-refractivity contribution is 0.0926. The third kappa shape index (κ3) is 4.58. The highest BCUT2D eigenvalue weighted by atomic mass is 35.5. The molecule has 6 nitrogen and oxygen atoms in total. The maximum absolute atomic E-state index is 13.5. The smallest absolute Gasteiger partial charge is 0.281 e. The number of rotatable bonds is 5. The number of aromatic nitrogens is 3. The molecule has 0 atom stereocenters. The molecular formula is C14H16Cl3F2N5O. The first-order valence-corrected chi connectivity index (χ1v) is 7.41. The zero-order valence-electron chi connectivity index (χ0n) is 12.8. The van der Waals surface area contributed by atoms with Crippen LogP contribution in [-0.4, -0.2) is 40.3 Å². The molecule has 2 aromatic heterocycles. The van der Waals surface area contributed by atoms with E-state index in [4.69, 9.17) is 11.6 Å². The van der Waals surface area contributed by atoms with E-state index in [1.807, 2.05) is 0 Å². The highest BCUT2D eigenvalue weighted by molar-refractivity contribution is 6.32. The van der Waals surface area contributed by atoms with Crippen LogP contribution < -0.4 is 10.6 Å². The van der Waals surface area contributed by atoms with Crippen molar-refractivity contribution in [3.05, 3.63) is 40.8 Å². The number of pyridine rings is 1. The Hall–Kier alpha value is -1.48. The number of hydrogen-bond donors (Lipinski definition) is 2. The van der Waals surface area contributed by atoms with Crippen LogP contribution in [0.5, 0.6) is 0 Å². The van der Waals surface area contributed by atoms with Crippen molar-refractivity contribution in [3.8, 4) is 5.82 Å². The van der Waals surface area contributed by atoms with Gasteiger partial charge in [-0.05, 0) is 12.1 Å². The highest BCUT2D eigenvalue weighted by Crippen LogP contribution is 2.27. The summed E-state index contributed by atoms with van der Waals surface area (Å²) < 4.78 is 27.8. The summed E-state index contributed by atoms with van der Waals surface area (Å²) >= 11 is 5.98. The van der Waals surface area contributed by atoms with Crippen LogP contribution in [0.25, 0.3) is 5.82 Å². The van der Waals surface area contributed by atoms with Crippen molar-refractivity contribution in [2.45, 2.75) is 6.43 Å². The monoisotopic (exact) mass is 413 g/mol. The largest absolute Gasteiger partial charge is 0.352 e. The summed E-state index contributed by atoms with van der Waals surface area (Å²) in [5, 5.41) is 9.77. The molecule has 2 N–H and O–H groups in total. The van der Waals surface area contributed by atoms with E-state index in [1.54, 1.807) is 6.07 Å². The van der Waals surface area contributed by atoms with Crippen molar-refractivity contribution in [1.82, 2.24) is 25.4 Å². The Kier molecular flexibility index (Phi) is 8.01. The summed E-state index contributed by atoms with van der Waals surface area (Å²) in [6.07, 6.45) is -0.357. The van der Waals surface area contributed by atoms with Gasteiger partial charge in [-0.1, -0.05) is 11.6 Å². The van der Waals surface area contributed by atoms with Crippen molar-refractivity contribution >= 4 is 42.3 Å². The average Bonchev–Trinajstić information content (AvgIpc) is 2.91. The molecule has 1 aliphatic heterocycles. The Bertz CT molecular complexity index is 724. The number of nitrogens with zero attached hydrogens (tertiary/aromatic N) is 3. The van der Waals surface area contributed by atoms with E-state index in [9.17, 15) is 13.6 Å². The maximum Gasteiger partial charge on any atom is 0.281 e. The van der Waals surface area contributed by atoms with Gasteiger partial charge in [0.2, 0.25) is 0 Å². The summed E-state index contributed by atoms with van der Waals surface area (Å²) in [4.78, 5) is 16.1. The molecule has 0 unspecified atom stereocenters. The topological polar surface area (TPSA) is 71.8 Å². The molecule has 0 spiro atoms. The second-order valence-electron chi connectivity index (χ2n) is 5.20. The van der Waals surface area contributed by atoms with Crippen LogP contribution in [0.2, 0.25) is 5.02 Å². The predicted octanol–water partition coefficient (Wildman–Crippen LogP) is 2.65. The molecule has 0 aromatic carbocycles. The molecule has 0 aliphatic carbocycles. The first-order chi connectivity index (χ1) is 11.1. The van der Waals surface area contributed by atoms with Gasteiger partial charge in [0, 0.05) is 31.7 Å². The molecular weight excluding hydrogens is 399 g/mol. The van der Waals surface area contributed by atoms with Crippen molar-refractivity contribution in [1.29, 1.82) is 0 Å². The van der Waals surface area contributed by atoms with Gasteiger partial charge in [0.15, 0.2) is 5.82 Å².